The standard InChI is InChI=1S/C29H39FO5Si/c1-17(26(31)32)21-14-19-15-29(5,6)16-22(35-36(8,9)28(2,3)4)23(19)24(25(21)27(33)34-7)18-10-12-20(30)13-11-18/h10-14,17,22H,15-16H2,1-9H3,(H,31,32). The molecule has 2 aromatic carbocycles. The number of fused-ring (bicyclic) bond motifs is 1. The second kappa shape index (κ2) is 9.75. The highest BCUT2D eigenvalue weighted by atomic mass is 28.4. The summed E-state index contributed by atoms with van der Waals surface area (Å²) in [7, 11) is -0.943. The van der Waals surface area contributed by atoms with Crippen LogP contribution in [-0.4, -0.2) is 32.5 Å². The minimum Gasteiger partial charge on any atom is -0.481 e. The smallest absolute Gasteiger partial charge is 0.338 e. The van der Waals surface area contributed by atoms with Gasteiger partial charge in [-0.2, -0.15) is 0 Å². The summed E-state index contributed by atoms with van der Waals surface area (Å²) in [6.07, 6.45) is 1.14. The zero-order chi connectivity index (χ0) is 27.2. The number of hydrogen-bond acceptors (Lipinski definition) is 4. The van der Waals surface area contributed by atoms with Gasteiger partial charge in [0.05, 0.1) is 24.7 Å². The quantitative estimate of drug-likeness (QED) is 0.319. The molecule has 0 bridgehead atoms. The maximum atomic E-state index is 13.9. The van der Waals surface area contributed by atoms with Crippen LogP contribution < -0.4 is 0 Å². The van der Waals surface area contributed by atoms with Crippen molar-refractivity contribution in [1.29, 1.82) is 0 Å². The number of hydrogen-bond donors (Lipinski definition) is 1. The summed E-state index contributed by atoms with van der Waals surface area (Å²) in [5, 5.41) is 9.86. The van der Waals surface area contributed by atoms with E-state index in [9.17, 15) is 19.1 Å². The lowest BCUT2D eigenvalue weighted by Crippen LogP contribution is -2.43. The second-order valence-corrected chi connectivity index (χ2v) is 17.0. The normalized spacial score (nSPS) is 18.3. The van der Waals surface area contributed by atoms with E-state index < -0.39 is 32.0 Å². The molecule has 36 heavy (non-hydrogen) atoms. The molecule has 7 heteroatoms. The van der Waals surface area contributed by atoms with Crippen molar-refractivity contribution in [3.63, 3.8) is 0 Å². The van der Waals surface area contributed by atoms with Crippen LogP contribution in [-0.2, 0) is 20.4 Å². The first-order valence-electron chi connectivity index (χ1n) is 12.4. The predicted molar refractivity (Wildman–Crippen MR) is 142 cm³/mol. The number of carboxylic acid groups (broad SMARTS) is 1. The van der Waals surface area contributed by atoms with Gasteiger partial charge in [-0.05, 0) is 77.7 Å². The third-order valence-electron chi connectivity index (χ3n) is 7.82. The summed E-state index contributed by atoms with van der Waals surface area (Å²) in [5.41, 5.74) is 3.57. The number of aliphatic carboxylic acids is 1. The van der Waals surface area contributed by atoms with Crippen molar-refractivity contribution >= 4 is 20.3 Å². The first-order valence-corrected chi connectivity index (χ1v) is 15.3. The highest BCUT2D eigenvalue weighted by Gasteiger charge is 2.44. The topological polar surface area (TPSA) is 72.8 Å². The fourth-order valence-electron chi connectivity index (χ4n) is 4.83. The Morgan fingerprint density at radius 3 is 2.25 bits per heavy atom. The van der Waals surface area contributed by atoms with Gasteiger partial charge < -0.3 is 14.3 Å². The van der Waals surface area contributed by atoms with Crippen LogP contribution in [0, 0.1) is 11.2 Å². The third kappa shape index (κ3) is 5.42. The fraction of sp³-hybridized carbons (Fsp3) is 0.517. The van der Waals surface area contributed by atoms with E-state index in [-0.39, 0.29) is 22.1 Å². The van der Waals surface area contributed by atoms with Crippen molar-refractivity contribution in [2.24, 2.45) is 5.41 Å². The molecule has 0 aliphatic heterocycles. The molecule has 0 saturated heterocycles. The molecule has 196 valence electrons. The fourth-order valence-corrected chi connectivity index (χ4v) is 6.09. The summed E-state index contributed by atoms with van der Waals surface area (Å²) in [4.78, 5) is 25.4. The van der Waals surface area contributed by atoms with Crippen molar-refractivity contribution in [3.8, 4) is 11.1 Å². The molecular formula is C29H39FO5Si. The molecule has 1 aliphatic rings. The van der Waals surface area contributed by atoms with E-state index in [0.29, 0.717) is 23.1 Å². The summed E-state index contributed by atoms with van der Waals surface area (Å²) < 4.78 is 26.1. The molecule has 2 aromatic rings. The largest absolute Gasteiger partial charge is 0.481 e. The zero-order valence-electron chi connectivity index (χ0n) is 22.9. The van der Waals surface area contributed by atoms with Crippen molar-refractivity contribution in [1.82, 2.24) is 0 Å². The number of carboxylic acids is 1. The molecule has 0 amide bonds. The Kier molecular flexibility index (Phi) is 7.60. The highest BCUT2D eigenvalue weighted by molar-refractivity contribution is 6.74. The van der Waals surface area contributed by atoms with Crippen LogP contribution in [0.1, 0.15) is 87.0 Å². The first-order chi connectivity index (χ1) is 16.5. The zero-order valence-corrected chi connectivity index (χ0v) is 23.9. The maximum absolute atomic E-state index is 13.9. The molecule has 1 aliphatic carbocycles. The van der Waals surface area contributed by atoms with Gasteiger partial charge in [-0.15, -0.1) is 0 Å². The van der Waals surface area contributed by atoms with Crippen LogP contribution in [0.5, 0.6) is 0 Å². The van der Waals surface area contributed by atoms with Gasteiger partial charge in [0.1, 0.15) is 5.82 Å². The number of ether oxygens (including phenoxy) is 1. The van der Waals surface area contributed by atoms with Crippen LogP contribution in [0.15, 0.2) is 30.3 Å². The molecule has 0 fully saturated rings. The number of rotatable bonds is 6. The molecule has 1 N–H and O–H groups in total. The number of carbonyl (C=O) groups excluding carboxylic acids is 1. The average molecular weight is 515 g/mol. The monoisotopic (exact) mass is 514 g/mol. The van der Waals surface area contributed by atoms with Crippen LogP contribution in [0.3, 0.4) is 0 Å². The van der Waals surface area contributed by atoms with E-state index in [4.69, 9.17) is 9.16 Å². The Labute approximate surface area is 215 Å². The molecule has 0 saturated carbocycles. The average Bonchev–Trinajstić information content (AvgIpc) is 2.75. The van der Waals surface area contributed by atoms with Gasteiger partial charge in [0.25, 0.3) is 0 Å². The van der Waals surface area contributed by atoms with Crippen molar-refractivity contribution in [2.75, 3.05) is 7.11 Å². The lowest BCUT2D eigenvalue weighted by Gasteiger charge is -2.45. The molecular weight excluding hydrogens is 475 g/mol. The van der Waals surface area contributed by atoms with Gasteiger partial charge in [0.15, 0.2) is 8.32 Å². The van der Waals surface area contributed by atoms with E-state index >= 15 is 0 Å². The number of halogens is 1. The molecule has 0 spiro atoms. The molecule has 2 atom stereocenters. The van der Waals surface area contributed by atoms with E-state index in [1.807, 2.05) is 6.07 Å². The summed E-state index contributed by atoms with van der Waals surface area (Å²) in [5.74, 6) is -2.98. The van der Waals surface area contributed by atoms with E-state index in [1.54, 1.807) is 19.1 Å². The van der Waals surface area contributed by atoms with Crippen LogP contribution in [0.2, 0.25) is 18.1 Å². The predicted octanol–water partition coefficient (Wildman–Crippen LogP) is 7.50. The number of esters is 1. The van der Waals surface area contributed by atoms with E-state index in [0.717, 1.165) is 17.5 Å². The van der Waals surface area contributed by atoms with Gasteiger partial charge in [-0.1, -0.05) is 52.8 Å². The third-order valence-corrected chi connectivity index (χ3v) is 12.3. The molecule has 0 radical (unpaired) electrons. The molecule has 2 unspecified atom stereocenters. The summed E-state index contributed by atoms with van der Waals surface area (Å²) in [6, 6.07) is 7.83. The minimum absolute atomic E-state index is 0.0340. The van der Waals surface area contributed by atoms with Crippen molar-refractivity contribution in [3.05, 3.63) is 58.4 Å². The van der Waals surface area contributed by atoms with Crippen molar-refractivity contribution in [2.45, 2.75) is 84.5 Å². The van der Waals surface area contributed by atoms with E-state index in [2.05, 4.69) is 47.7 Å². The lowest BCUT2D eigenvalue weighted by atomic mass is 9.69. The molecule has 0 heterocycles. The van der Waals surface area contributed by atoms with Crippen LogP contribution in [0.25, 0.3) is 11.1 Å². The second-order valence-electron chi connectivity index (χ2n) is 12.3. The Morgan fingerprint density at radius 1 is 1.17 bits per heavy atom. The van der Waals surface area contributed by atoms with Crippen LogP contribution >= 0.6 is 0 Å². The first kappa shape index (κ1) is 28.1. The van der Waals surface area contributed by atoms with Crippen LogP contribution in [0.4, 0.5) is 4.39 Å². The summed E-state index contributed by atoms with van der Waals surface area (Å²) >= 11 is 0. The molecule has 5 nitrogen and oxygen atoms in total. The van der Waals surface area contributed by atoms with Gasteiger partial charge in [-0.25, -0.2) is 9.18 Å². The highest BCUT2D eigenvalue weighted by Crippen LogP contribution is 2.52. The van der Waals surface area contributed by atoms with Gasteiger partial charge in [-0.3, -0.25) is 4.79 Å². The van der Waals surface area contributed by atoms with Gasteiger partial charge >= 0.3 is 11.9 Å². The van der Waals surface area contributed by atoms with Gasteiger partial charge in [0.2, 0.25) is 0 Å². The maximum Gasteiger partial charge on any atom is 0.338 e. The molecule has 0 aromatic heterocycles. The Morgan fingerprint density at radius 2 is 1.75 bits per heavy atom. The lowest BCUT2D eigenvalue weighted by molar-refractivity contribution is -0.138. The Hall–Kier alpha value is -2.51. The summed E-state index contributed by atoms with van der Waals surface area (Å²) in [6.45, 7) is 16.9. The molecule has 3 rings (SSSR count). The Balaban J connectivity index is 2.45. The van der Waals surface area contributed by atoms with Crippen molar-refractivity contribution < 1.29 is 28.2 Å². The van der Waals surface area contributed by atoms with Gasteiger partial charge in [0, 0.05) is 5.56 Å². The Bertz CT molecular complexity index is 1160. The number of benzene rings is 2. The SMILES string of the molecule is COC(=O)c1c(C(C)C(=O)O)cc2c(c1-c1ccc(F)cc1)C(O[Si](C)(C)C(C)(C)C)CC(C)(C)C2. The number of methoxy groups -OCH3 is 1. The minimum atomic E-state index is -2.23. The number of carbonyl (C=O) groups is 2. The van der Waals surface area contributed by atoms with E-state index in [1.165, 1.54) is 19.2 Å².